The van der Waals surface area contributed by atoms with Crippen molar-refractivity contribution < 1.29 is 27.7 Å². The minimum absolute atomic E-state index is 0.0631. The van der Waals surface area contributed by atoms with Crippen LogP contribution in [0.3, 0.4) is 0 Å². The summed E-state index contributed by atoms with van der Waals surface area (Å²) < 4.78 is 46.5. The van der Waals surface area contributed by atoms with Crippen molar-refractivity contribution in [2.75, 3.05) is 14.2 Å². The SMILES string of the molecule is COc1cc2nc(SCc3nccc(OCc4ccccc4)c3OC)[nH]c2cc1OC(F)F. The molecular weight excluding hydrogens is 452 g/mol. The van der Waals surface area contributed by atoms with E-state index in [2.05, 4.69) is 19.7 Å². The fourth-order valence-electron chi connectivity index (χ4n) is 3.19. The van der Waals surface area contributed by atoms with Crippen LogP contribution in [-0.4, -0.2) is 35.8 Å². The van der Waals surface area contributed by atoms with Crippen LogP contribution in [0, 0.1) is 0 Å². The maximum absolute atomic E-state index is 12.7. The van der Waals surface area contributed by atoms with Gasteiger partial charge in [-0.25, -0.2) is 4.98 Å². The number of aromatic nitrogens is 3. The van der Waals surface area contributed by atoms with Gasteiger partial charge in [-0.05, 0) is 5.56 Å². The zero-order valence-electron chi connectivity index (χ0n) is 17.9. The van der Waals surface area contributed by atoms with Crippen molar-refractivity contribution in [3.63, 3.8) is 0 Å². The molecule has 0 radical (unpaired) electrons. The molecule has 2 aromatic heterocycles. The first-order valence-corrected chi connectivity index (χ1v) is 10.9. The molecule has 0 unspecified atom stereocenters. The normalized spacial score (nSPS) is 11.1. The molecule has 2 heterocycles. The number of ether oxygens (including phenoxy) is 4. The third-order valence-corrected chi connectivity index (χ3v) is 5.58. The summed E-state index contributed by atoms with van der Waals surface area (Å²) in [5.74, 6) is 1.70. The van der Waals surface area contributed by atoms with Gasteiger partial charge in [0.25, 0.3) is 0 Å². The molecule has 0 aliphatic heterocycles. The average molecular weight is 474 g/mol. The molecule has 10 heteroatoms. The van der Waals surface area contributed by atoms with Crippen molar-refractivity contribution >= 4 is 22.8 Å². The molecule has 0 fully saturated rings. The quantitative estimate of drug-likeness (QED) is 0.307. The Balaban J connectivity index is 1.50. The van der Waals surface area contributed by atoms with Gasteiger partial charge in [-0.15, -0.1) is 0 Å². The monoisotopic (exact) mass is 473 g/mol. The number of nitrogens with zero attached hydrogens (tertiary/aromatic N) is 2. The average Bonchev–Trinajstić information content (AvgIpc) is 3.22. The molecule has 0 saturated heterocycles. The van der Waals surface area contributed by atoms with Crippen LogP contribution in [0.15, 0.2) is 59.9 Å². The Bertz CT molecular complexity index is 1220. The molecule has 1 N–H and O–H groups in total. The number of H-pyrrole nitrogens is 1. The zero-order chi connectivity index (χ0) is 23.2. The molecule has 7 nitrogen and oxygen atoms in total. The van der Waals surface area contributed by atoms with Gasteiger partial charge >= 0.3 is 6.61 Å². The van der Waals surface area contributed by atoms with Gasteiger partial charge in [-0.3, -0.25) is 4.98 Å². The van der Waals surface area contributed by atoms with Crippen LogP contribution in [0.2, 0.25) is 0 Å². The highest BCUT2D eigenvalue weighted by Gasteiger charge is 2.16. The summed E-state index contributed by atoms with van der Waals surface area (Å²) in [6.07, 6.45) is 1.66. The lowest BCUT2D eigenvalue weighted by molar-refractivity contribution is -0.0511. The smallest absolute Gasteiger partial charge is 0.387 e. The molecule has 0 aliphatic carbocycles. The van der Waals surface area contributed by atoms with Crippen LogP contribution in [0.5, 0.6) is 23.0 Å². The molecular formula is C23H21F2N3O4S. The molecule has 4 rings (SSSR count). The van der Waals surface area contributed by atoms with Gasteiger partial charge < -0.3 is 23.9 Å². The largest absolute Gasteiger partial charge is 0.493 e. The summed E-state index contributed by atoms with van der Waals surface area (Å²) in [4.78, 5) is 12.0. The number of aromatic amines is 1. The number of rotatable bonds is 10. The Morgan fingerprint density at radius 3 is 2.55 bits per heavy atom. The highest BCUT2D eigenvalue weighted by molar-refractivity contribution is 7.98. The number of fused-ring (bicyclic) bond motifs is 1. The molecule has 33 heavy (non-hydrogen) atoms. The van der Waals surface area contributed by atoms with Crippen molar-refractivity contribution in [1.29, 1.82) is 0 Å². The lowest BCUT2D eigenvalue weighted by atomic mass is 10.2. The van der Waals surface area contributed by atoms with Gasteiger partial charge in [0.1, 0.15) is 6.61 Å². The molecule has 0 spiro atoms. The van der Waals surface area contributed by atoms with E-state index in [-0.39, 0.29) is 11.5 Å². The van der Waals surface area contributed by atoms with Crippen LogP contribution in [0.4, 0.5) is 8.78 Å². The number of pyridine rings is 1. The number of imidazole rings is 1. The van der Waals surface area contributed by atoms with Crippen LogP contribution in [-0.2, 0) is 12.4 Å². The maximum atomic E-state index is 12.7. The predicted molar refractivity (Wildman–Crippen MR) is 120 cm³/mol. The van der Waals surface area contributed by atoms with E-state index in [9.17, 15) is 8.78 Å². The minimum Gasteiger partial charge on any atom is -0.493 e. The van der Waals surface area contributed by atoms with Gasteiger partial charge in [-0.1, -0.05) is 42.1 Å². The molecule has 2 aromatic carbocycles. The Morgan fingerprint density at radius 1 is 1.00 bits per heavy atom. The van der Waals surface area contributed by atoms with Gasteiger partial charge in [-0.2, -0.15) is 8.78 Å². The van der Waals surface area contributed by atoms with Gasteiger partial charge in [0.05, 0.1) is 30.9 Å². The molecule has 0 amide bonds. The fourth-order valence-corrected chi connectivity index (χ4v) is 4.01. The summed E-state index contributed by atoms with van der Waals surface area (Å²) in [6.45, 7) is -2.55. The van der Waals surface area contributed by atoms with Crippen LogP contribution >= 0.6 is 11.8 Å². The van der Waals surface area contributed by atoms with E-state index < -0.39 is 6.61 Å². The first kappa shape index (κ1) is 22.7. The van der Waals surface area contributed by atoms with E-state index in [1.807, 2.05) is 30.3 Å². The number of hydrogen-bond acceptors (Lipinski definition) is 7. The Hall–Kier alpha value is -3.53. The van der Waals surface area contributed by atoms with Crippen molar-refractivity contribution in [3.05, 3.63) is 66.0 Å². The highest BCUT2D eigenvalue weighted by Crippen LogP contribution is 2.36. The minimum atomic E-state index is -2.96. The van der Waals surface area contributed by atoms with Crippen molar-refractivity contribution in [3.8, 4) is 23.0 Å². The second-order valence-electron chi connectivity index (χ2n) is 6.79. The van der Waals surface area contributed by atoms with Crippen LogP contribution < -0.4 is 18.9 Å². The summed E-state index contributed by atoms with van der Waals surface area (Å²) in [6, 6.07) is 14.6. The number of nitrogens with one attached hydrogen (secondary N) is 1. The number of halogens is 2. The van der Waals surface area contributed by atoms with Crippen LogP contribution in [0.1, 0.15) is 11.3 Å². The Labute approximate surface area is 193 Å². The lowest BCUT2D eigenvalue weighted by Crippen LogP contribution is -2.03. The van der Waals surface area contributed by atoms with Crippen LogP contribution in [0.25, 0.3) is 11.0 Å². The van der Waals surface area contributed by atoms with E-state index >= 15 is 0 Å². The van der Waals surface area contributed by atoms with Crippen molar-refractivity contribution in [2.24, 2.45) is 0 Å². The molecule has 0 bridgehead atoms. The van der Waals surface area contributed by atoms with Gasteiger partial charge in [0.15, 0.2) is 28.2 Å². The van der Waals surface area contributed by atoms with E-state index in [1.165, 1.54) is 24.9 Å². The number of methoxy groups -OCH3 is 2. The lowest BCUT2D eigenvalue weighted by Gasteiger charge is -2.13. The molecule has 0 saturated carbocycles. The summed E-state index contributed by atoms with van der Waals surface area (Å²) >= 11 is 1.39. The number of thioether (sulfide) groups is 1. The molecule has 0 atom stereocenters. The zero-order valence-corrected chi connectivity index (χ0v) is 18.7. The second-order valence-corrected chi connectivity index (χ2v) is 7.76. The summed E-state index contributed by atoms with van der Waals surface area (Å²) in [5.41, 5.74) is 2.85. The maximum Gasteiger partial charge on any atom is 0.387 e. The fraction of sp³-hybridized carbons (Fsp3) is 0.217. The molecule has 172 valence electrons. The Kier molecular flexibility index (Phi) is 7.13. The predicted octanol–water partition coefficient (Wildman–Crippen LogP) is 5.45. The first-order valence-electron chi connectivity index (χ1n) is 9.91. The molecule has 4 aromatic rings. The second kappa shape index (κ2) is 10.4. The Morgan fingerprint density at radius 2 is 1.82 bits per heavy atom. The third-order valence-electron chi connectivity index (χ3n) is 4.69. The first-order chi connectivity index (χ1) is 16.1. The van der Waals surface area contributed by atoms with Gasteiger partial charge in [0, 0.05) is 30.1 Å². The third kappa shape index (κ3) is 5.46. The molecule has 0 aliphatic rings. The summed E-state index contributed by atoms with van der Waals surface area (Å²) in [5, 5.41) is 0.584. The summed E-state index contributed by atoms with van der Waals surface area (Å²) in [7, 11) is 2.95. The van der Waals surface area contributed by atoms with E-state index in [0.717, 1.165) is 5.56 Å². The van der Waals surface area contributed by atoms with Crippen molar-refractivity contribution in [2.45, 2.75) is 24.1 Å². The van der Waals surface area contributed by atoms with E-state index in [0.29, 0.717) is 45.7 Å². The number of benzene rings is 2. The van der Waals surface area contributed by atoms with E-state index in [4.69, 9.17) is 14.2 Å². The number of alkyl halides is 2. The van der Waals surface area contributed by atoms with Crippen molar-refractivity contribution in [1.82, 2.24) is 15.0 Å². The number of hydrogen-bond donors (Lipinski definition) is 1. The van der Waals surface area contributed by atoms with Gasteiger partial charge in [0.2, 0.25) is 0 Å². The standard InChI is InChI=1S/C23H21F2N3O4S/c1-29-19-10-15-16(11-20(19)32-22(24)25)28-23(27-15)33-13-17-21(30-2)18(8-9-26-17)31-12-14-6-4-3-5-7-14/h3-11,22H,12-13H2,1-2H3,(H,27,28). The van der Waals surface area contributed by atoms with E-state index in [1.54, 1.807) is 25.4 Å². The highest BCUT2D eigenvalue weighted by atomic mass is 32.2. The topological polar surface area (TPSA) is 78.5 Å².